The second-order valence-corrected chi connectivity index (χ2v) is 10.2. The molecule has 34 heavy (non-hydrogen) atoms. The standard InChI is InChI=1S/C24H23N5O4S/c25-16-6-8-17(9-7-16)27-24(31)29-13-12-18-19(29)10-11-20(22(18)15-4-2-1-3-5-15)34(32,33)21-14-26-23(30)28-21/h1-11,21H,12-14,25H2,(H,27,31)(H2,26,28,30). The molecular weight excluding hydrogens is 454 g/mol. The van der Waals surface area contributed by atoms with Crippen molar-refractivity contribution < 1.29 is 18.0 Å². The second kappa shape index (κ2) is 8.38. The van der Waals surface area contributed by atoms with Crippen molar-refractivity contribution in [1.82, 2.24) is 10.6 Å². The van der Waals surface area contributed by atoms with Crippen molar-refractivity contribution >= 4 is 39.0 Å². The van der Waals surface area contributed by atoms with Gasteiger partial charge in [0.25, 0.3) is 0 Å². The highest BCUT2D eigenvalue weighted by molar-refractivity contribution is 7.92. The number of carbonyl (C=O) groups excluding carboxylic acids is 2. The van der Waals surface area contributed by atoms with Gasteiger partial charge in [-0.15, -0.1) is 0 Å². The first-order chi connectivity index (χ1) is 16.3. The van der Waals surface area contributed by atoms with Crippen LogP contribution in [0.15, 0.2) is 71.6 Å². The number of sulfone groups is 1. The molecule has 174 valence electrons. The highest BCUT2D eigenvalue weighted by Gasteiger charge is 2.38. The highest BCUT2D eigenvalue weighted by atomic mass is 32.2. The zero-order chi connectivity index (χ0) is 23.9. The maximum atomic E-state index is 13.5. The Hall–Kier alpha value is -4.05. The maximum absolute atomic E-state index is 13.5. The lowest BCUT2D eigenvalue weighted by atomic mass is 9.98. The number of nitrogen functional groups attached to an aromatic ring is 1. The molecule has 9 nitrogen and oxygen atoms in total. The van der Waals surface area contributed by atoms with Crippen molar-refractivity contribution in [3.63, 3.8) is 0 Å². The van der Waals surface area contributed by atoms with Crippen LogP contribution in [-0.2, 0) is 16.3 Å². The molecule has 3 aromatic rings. The van der Waals surface area contributed by atoms with E-state index in [1.54, 1.807) is 35.2 Å². The molecule has 1 fully saturated rings. The van der Waals surface area contributed by atoms with Gasteiger partial charge in [-0.2, -0.15) is 0 Å². The quantitative estimate of drug-likeness (QED) is 0.429. The molecule has 0 saturated carbocycles. The Kier molecular flexibility index (Phi) is 5.37. The molecule has 0 bridgehead atoms. The first kappa shape index (κ1) is 21.8. The summed E-state index contributed by atoms with van der Waals surface area (Å²) in [5.41, 5.74) is 9.64. The predicted molar refractivity (Wildman–Crippen MR) is 130 cm³/mol. The van der Waals surface area contributed by atoms with E-state index in [-0.39, 0.29) is 17.5 Å². The number of nitrogens with two attached hydrogens (primary N) is 1. The fourth-order valence-corrected chi connectivity index (χ4v) is 6.02. The molecule has 0 aliphatic carbocycles. The number of carbonyl (C=O) groups is 2. The number of fused-ring (bicyclic) bond motifs is 1. The van der Waals surface area contributed by atoms with Crippen LogP contribution in [0.3, 0.4) is 0 Å². The number of anilines is 3. The summed E-state index contributed by atoms with van der Waals surface area (Å²) in [7, 11) is -3.89. The van der Waals surface area contributed by atoms with Gasteiger partial charge in [-0.1, -0.05) is 30.3 Å². The van der Waals surface area contributed by atoms with Crippen LogP contribution < -0.4 is 26.6 Å². The number of urea groups is 2. The molecule has 5 N–H and O–H groups in total. The van der Waals surface area contributed by atoms with E-state index < -0.39 is 21.2 Å². The fourth-order valence-electron chi connectivity index (χ4n) is 4.37. The van der Waals surface area contributed by atoms with Gasteiger partial charge in [0.05, 0.1) is 11.4 Å². The van der Waals surface area contributed by atoms with Crippen LogP contribution in [-0.4, -0.2) is 38.9 Å². The third-order valence-corrected chi connectivity index (χ3v) is 8.00. The van der Waals surface area contributed by atoms with Crippen molar-refractivity contribution in [2.75, 3.05) is 29.0 Å². The lowest BCUT2D eigenvalue weighted by Crippen LogP contribution is -2.35. The summed E-state index contributed by atoms with van der Waals surface area (Å²) in [6.07, 6.45) is 0.493. The largest absolute Gasteiger partial charge is 0.399 e. The molecule has 0 aromatic heterocycles. The minimum Gasteiger partial charge on any atom is -0.399 e. The summed E-state index contributed by atoms with van der Waals surface area (Å²) in [6.45, 7) is 0.393. The van der Waals surface area contributed by atoms with Crippen LogP contribution >= 0.6 is 0 Å². The summed E-state index contributed by atoms with van der Waals surface area (Å²) in [6, 6.07) is 18.4. The number of hydrogen-bond acceptors (Lipinski definition) is 5. The monoisotopic (exact) mass is 477 g/mol. The minimum atomic E-state index is -3.89. The zero-order valence-corrected chi connectivity index (χ0v) is 18.9. The molecule has 3 aromatic carbocycles. The highest BCUT2D eigenvalue weighted by Crippen LogP contribution is 2.41. The van der Waals surface area contributed by atoms with Crippen molar-refractivity contribution in [1.29, 1.82) is 0 Å². The van der Waals surface area contributed by atoms with E-state index >= 15 is 0 Å². The Morgan fingerprint density at radius 3 is 2.44 bits per heavy atom. The number of nitrogens with one attached hydrogen (secondary N) is 3. The second-order valence-electron chi connectivity index (χ2n) is 8.14. The first-order valence-corrected chi connectivity index (χ1v) is 12.3. The van der Waals surface area contributed by atoms with Crippen LogP contribution in [0.5, 0.6) is 0 Å². The van der Waals surface area contributed by atoms with Gasteiger partial charge in [-0.25, -0.2) is 18.0 Å². The van der Waals surface area contributed by atoms with E-state index in [9.17, 15) is 18.0 Å². The molecule has 0 radical (unpaired) electrons. The maximum Gasteiger partial charge on any atom is 0.326 e. The van der Waals surface area contributed by atoms with E-state index in [4.69, 9.17) is 5.73 Å². The Labute approximate surface area is 196 Å². The van der Waals surface area contributed by atoms with Gasteiger partial charge in [0.1, 0.15) is 0 Å². The van der Waals surface area contributed by atoms with Gasteiger partial charge in [0.15, 0.2) is 5.37 Å². The van der Waals surface area contributed by atoms with Crippen molar-refractivity contribution in [2.45, 2.75) is 16.7 Å². The smallest absolute Gasteiger partial charge is 0.326 e. The number of hydrogen-bond donors (Lipinski definition) is 4. The van der Waals surface area contributed by atoms with Gasteiger partial charge in [0, 0.05) is 29.2 Å². The topological polar surface area (TPSA) is 134 Å². The van der Waals surface area contributed by atoms with E-state index in [0.29, 0.717) is 35.6 Å². The third-order valence-electron chi connectivity index (χ3n) is 6.02. The Morgan fingerprint density at radius 1 is 1.03 bits per heavy atom. The summed E-state index contributed by atoms with van der Waals surface area (Å²) in [5.74, 6) is 0. The zero-order valence-electron chi connectivity index (χ0n) is 18.1. The molecule has 1 unspecified atom stereocenters. The van der Waals surface area contributed by atoms with Gasteiger partial charge in [0.2, 0.25) is 9.84 Å². The molecule has 5 rings (SSSR count). The van der Waals surface area contributed by atoms with E-state index in [1.807, 2.05) is 30.3 Å². The van der Waals surface area contributed by atoms with Crippen LogP contribution in [0.4, 0.5) is 26.7 Å². The Balaban J connectivity index is 1.56. The normalized spacial score (nSPS) is 17.1. The van der Waals surface area contributed by atoms with Crippen LogP contribution in [0.1, 0.15) is 5.56 Å². The van der Waals surface area contributed by atoms with Crippen LogP contribution in [0.25, 0.3) is 11.1 Å². The van der Waals surface area contributed by atoms with Crippen molar-refractivity contribution in [3.8, 4) is 11.1 Å². The lowest BCUT2D eigenvalue weighted by Gasteiger charge is -2.21. The van der Waals surface area contributed by atoms with Crippen LogP contribution in [0, 0.1) is 0 Å². The number of amides is 4. The summed E-state index contributed by atoms with van der Waals surface area (Å²) in [5, 5.41) is 6.78. The summed E-state index contributed by atoms with van der Waals surface area (Å²) >= 11 is 0. The third kappa shape index (κ3) is 3.81. The average molecular weight is 478 g/mol. The van der Waals surface area contributed by atoms with Crippen molar-refractivity contribution in [3.05, 3.63) is 72.3 Å². The fraction of sp³-hybridized carbons (Fsp3) is 0.167. The molecule has 2 heterocycles. The van der Waals surface area contributed by atoms with E-state index in [0.717, 1.165) is 11.1 Å². The molecule has 1 saturated heterocycles. The molecule has 4 amide bonds. The Morgan fingerprint density at radius 2 is 1.76 bits per heavy atom. The van der Waals surface area contributed by atoms with Crippen LogP contribution in [0.2, 0.25) is 0 Å². The minimum absolute atomic E-state index is 0.0113. The lowest BCUT2D eigenvalue weighted by molar-refractivity contribution is 0.248. The predicted octanol–water partition coefficient (Wildman–Crippen LogP) is 2.94. The van der Waals surface area contributed by atoms with Crippen molar-refractivity contribution in [2.24, 2.45) is 0 Å². The molecule has 0 spiro atoms. The van der Waals surface area contributed by atoms with E-state index in [2.05, 4.69) is 16.0 Å². The molecular formula is C24H23N5O4S. The van der Waals surface area contributed by atoms with Gasteiger partial charge in [-0.3, -0.25) is 4.90 Å². The summed E-state index contributed by atoms with van der Waals surface area (Å²) in [4.78, 5) is 26.4. The molecule has 2 aliphatic rings. The van der Waals surface area contributed by atoms with Gasteiger partial charge >= 0.3 is 12.1 Å². The van der Waals surface area contributed by atoms with E-state index in [1.165, 1.54) is 6.07 Å². The van der Waals surface area contributed by atoms with Gasteiger partial charge in [-0.05, 0) is 53.9 Å². The SMILES string of the molecule is Nc1ccc(NC(=O)N2CCc3c2ccc(S(=O)(=O)C2CNC(=O)N2)c3-c2ccccc2)cc1. The molecule has 2 aliphatic heterocycles. The number of rotatable bonds is 4. The summed E-state index contributed by atoms with van der Waals surface area (Å²) < 4.78 is 27.0. The number of benzene rings is 3. The molecule has 1 atom stereocenters. The Bertz CT molecular complexity index is 1370. The molecule has 10 heteroatoms. The average Bonchev–Trinajstić information content (AvgIpc) is 3.47. The number of nitrogens with zero attached hydrogens (tertiary/aromatic N) is 1. The van der Waals surface area contributed by atoms with Gasteiger partial charge < -0.3 is 21.7 Å². The first-order valence-electron chi connectivity index (χ1n) is 10.8.